The Balaban J connectivity index is 1.69. The van der Waals surface area contributed by atoms with E-state index < -0.39 is 0 Å². The molecule has 35 heavy (non-hydrogen) atoms. The van der Waals surface area contributed by atoms with Gasteiger partial charge in [-0.3, -0.25) is 4.79 Å². The van der Waals surface area contributed by atoms with Gasteiger partial charge in [0.1, 0.15) is 17.2 Å². The highest BCUT2D eigenvalue weighted by atomic mass is 16.5. The Bertz CT molecular complexity index is 1350. The average Bonchev–Trinajstić information content (AvgIpc) is 3.24. The van der Waals surface area contributed by atoms with E-state index in [-0.39, 0.29) is 17.0 Å². The molecule has 1 N–H and O–H groups in total. The number of amides is 1. The van der Waals surface area contributed by atoms with E-state index in [9.17, 15) is 4.79 Å². The lowest BCUT2D eigenvalue weighted by Crippen LogP contribution is -2.16. The number of nitrogens with zero attached hydrogens (tertiary/aromatic N) is 3. The monoisotopic (exact) mass is 470 g/mol. The molecule has 3 aromatic carbocycles. The zero-order chi connectivity index (χ0) is 25.2. The van der Waals surface area contributed by atoms with Gasteiger partial charge >= 0.3 is 0 Å². The second-order valence-electron chi connectivity index (χ2n) is 9.34. The van der Waals surface area contributed by atoms with E-state index >= 15 is 0 Å². The first kappa shape index (κ1) is 24.0. The van der Waals surface area contributed by atoms with Crippen molar-refractivity contribution in [2.24, 2.45) is 0 Å². The second kappa shape index (κ2) is 9.62. The van der Waals surface area contributed by atoms with Crippen molar-refractivity contribution < 1.29 is 14.3 Å². The second-order valence-corrected chi connectivity index (χ2v) is 9.34. The van der Waals surface area contributed by atoms with Gasteiger partial charge in [-0.05, 0) is 53.3 Å². The molecule has 7 nitrogen and oxygen atoms in total. The number of carbonyl (C=O) groups excluding carboxylic acids is 1. The molecule has 0 aliphatic carbocycles. The quantitative estimate of drug-likeness (QED) is 0.385. The highest BCUT2D eigenvalue weighted by Crippen LogP contribution is 2.32. The molecular formula is C28H30N4O3. The number of rotatable bonds is 6. The third-order valence-electron chi connectivity index (χ3n) is 5.89. The number of hydrogen-bond donors (Lipinski definition) is 1. The maximum atomic E-state index is 13.3. The Morgan fingerprint density at radius 2 is 1.66 bits per heavy atom. The number of nitrogens with one attached hydrogen (secondary N) is 1. The summed E-state index contributed by atoms with van der Waals surface area (Å²) in [5, 5.41) is 11.4. The summed E-state index contributed by atoms with van der Waals surface area (Å²) in [5.74, 6) is 0.908. The number of aromatic nitrogens is 3. The van der Waals surface area contributed by atoms with Crippen LogP contribution < -0.4 is 14.8 Å². The van der Waals surface area contributed by atoms with Crippen LogP contribution in [-0.4, -0.2) is 35.1 Å². The van der Waals surface area contributed by atoms with E-state index in [0.29, 0.717) is 28.6 Å². The third kappa shape index (κ3) is 5.04. The number of carbonyl (C=O) groups is 1. The van der Waals surface area contributed by atoms with Gasteiger partial charge in [-0.25, -0.2) is 4.68 Å². The van der Waals surface area contributed by atoms with Gasteiger partial charge in [-0.2, -0.15) is 0 Å². The summed E-state index contributed by atoms with van der Waals surface area (Å²) in [6.07, 6.45) is 0. The molecule has 1 aromatic heterocycles. The van der Waals surface area contributed by atoms with Crippen LogP contribution in [0.3, 0.4) is 0 Å². The number of hydrogen-bond acceptors (Lipinski definition) is 5. The third-order valence-corrected chi connectivity index (χ3v) is 5.89. The van der Waals surface area contributed by atoms with E-state index in [1.54, 1.807) is 44.0 Å². The minimum absolute atomic E-state index is 0.0910. The maximum Gasteiger partial charge on any atom is 0.278 e. The van der Waals surface area contributed by atoms with Crippen molar-refractivity contribution in [3.63, 3.8) is 0 Å². The zero-order valence-electron chi connectivity index (χ0n) is 20.9. The number of benzene rings is 3. The molecule has 0 fully saturated rings. The highest BCUT2D eigenvalue weighted by Gasteiger charge is 2.21. The van der Waals surface area contributed by atoms with Crippen molar-refractivity contribution in [1.82, 2.24) is 15.0 Å². The fraction of sp³-hybridized carbons (Fsp3) is 0.250. The zero-order valence-corrected chi connectivity index (χ0v) is 20.9. The number of ether oxygens (including phenoxy) is 2. The summed E-state index contributed by atoms with van der Waals surface area (Å²) in [7, 11) is 3.17. The topological polar surface area (TPSA) is 78.3 Å². The van der Waals surface area contributed by atoms with E-state index in [4.69, 9.17) is 9.47 Å². The molecule has 7 heteroatoms. The van der Waals surface area contributed by atoms with Crippen LogP contribution in [0.5, 0.6) is 11.5 Å². The Hall–Kier alpha value is -4.13. The minimum atomic E-state index is -0.333. The highest BCUT2D eigenvalue weighted by molar-refractivity contribution is 6.04. The Morgan fingerprint density at radius 1 is 0.914 bits per heavy atom. The molecule has 0 unspecified atom stereocenters. The molecule has 0 saturated heterocycles. The largest absolute Gasteiger partial charge is 0.497 e. The van der Waals surface area contributed by atoms with Crippen LogP contribution in [0.2, 0.25) is 0 Å². The van der Waals surface area contributed by atoms with E-state index in [1.807, 2.05) is 30.3 Å². The molecule has 0 saturated carbocycles. The molecule has 4 aromatic rings. The fourth-order valence-corrected chi connectivity index (χ4v) is 3.85. The summed E-state index contributed by atoms with van der Waals surface area (Å²) < 4.78 is 12.4. The molecule has 0 spiro atoms. The van der Waals surface area contributed by atoms with Crippen LogP contribution in [-0.2, 0) is 5.41 Å². The fourth-order valence-electron chi connectivity index (χ4n) is 3.85. The Kier molecular flexibility index (Phi) is 6.60. The van der Waals surface area contributed by atoms with Crippen molar-refractivity contribution in [1.29, 1.82) is 0 Å². The molecular weight excluding hydrogens is 440 g/mol. The van der Waals surface area contributed by atoms with Gasteiger partial charge < -0.3 is 14.8 Å². The minimum Gasteiger partial charge on any atom is -0.497 e. The lowest BCUT2D eigenvalue weighted by atomic mass is 9.85. The predicted octanol–water partition coefficient (Wildman–Crippen LogP) is 5.81. The molecule has 1 heterocycles. The average molecular weight is 471 g/mol. The van der Waals surface area contributed by atoms with E-state index in [1.165, 1.54) is 0 Å². The summed E-state index contributed by atoms with van der Waals surface area (Å²) in [5.41, 5.74) is 5.31. The van der Waals surface area contributed by atoms with Crippen LogP contribution in [0.15, 0.2) is 66.7 Å². The summed E-state index contributed by atoms with van der Waals surface area (Å²) in [6.45, 7) is 8.26. The van der Waals surface area contributed by atoms with Gasteiger partial charge in [0.25, 0.3) is 5.91 Å². The SMILES string of the molecule is COc1ccc(OC)c(-n2nnc(C(=O)Nc3cc(-c4ccccc4)cc(C(C)(C)C)c3)c2C)c1. The lowest BCUT2D eigenvalue weighted by Gasteiger charge is -2.21. The number of methoxy groups -OCH3 is 2. The van der Waals surface area contributed by atoms with Gasteiger partial charge in [-0.15, -0.1) is 5.10 Å². The normalized spacial score (nSPS) is 11.3. The Labute approximate surface area is 205 Å². The van der Waals surface area contributed by atoms with Gasteiger partial charge in [-0.1, -0.05) is 62.4 Å². The van der Waals surface area contributed by atoms with Crippen LogP contribution in [0, 0.1) is 6.92 Å². The molecule has 0 atom stereocenters. The van der Waals surface area contributed by atoms with Crippen molar-refractivity contribution >= 4 is 11.6 Å². The summed E-state index contributed by atoms with van der Waals surface area (Å²) in [6, 6.07) is 21.7. The van der Waals surface area contributed by atoms with Gasteiger partial charge in [0.2, 0.25) is 0 Å². The Morgan fingerprint density at radius 3 is 2.31 bits per heavy atom. The molecule has 0 radical (unpaired) electrons. The van der Waals surface area contributed by atoms with Gasteiger partial charge in [0.05, 0.1) is 19.9 Å². The molecule has 180 valence electrons. The summed E-state index contributed by atoms with van der Waals surface area (Å²) in [4.78, 5) is 13.3. The van der Waals surface area contributed by atoms with Crippen molar-refractivity contribution in [2.45, 2.75) is 33.1 Å². The van der Waals surface area contributed by atoms with Crippen molar-refractivity contribution in [2.75, 3.05) is 19.5 Å². The van der Waals surface area contributed by atoms with Crippen LogP contribution in [0.25, 0.3) is 16.8 Å². The molecule has 0 aliphatic rings. The van der Waals surface area contributed by atoms with Gasteiger partial charge in [0.15, 0.2) is 5.69 Å². The van der Waals surface area contributed by atoms with Crippen LogP contribution in [0.4, 0.5) is 5.69 Å². The van der Waals surface area contributed by atoms with E-state index in [2.05, 4.69) is 54.6 Å². The van der Waals surface area contributed by atoms with Crippen LogP contribution in [0.1, 0.15) is 42.5 Å². The van der Waals surface area contributed by atoms with Crippen molar-refractivity contribution in [3.05, 3.63) is 83.7 Å². The smallest absolute Gasteiger partial charge is 0.278 e. The number of anilines is 1. The van der Waals surface area contributed by atoms with Crippen molar-refractivity contribution in [3.8, 4) is 28.3 Å². The first-order valence-corrected chi connectivity index (χ1v) is 11.4. The summed E-state index contributed by atoms with van der Waals surface area (Å²) >= 11 is 0. The molecule has 1 amide bonds. The maximum absolute atomic E-state index is 13.3. The first-order valence-electron chi connectivity index (χ1n) is 11.4. The van der Waals surface area contributed by atoms with Gasteiger partial charge in [0, 0.05) is 11.8 Å². The molecule has 4 rings (SSSR count). The van der Waals surface area contributed by atoms with Crippen LogP contribution >= 0.6 is 0 Å². The lowest BCUT2D eigenvalue weighted by molar-refractivity contribution is 0.102. The van der Waals surface area contributed by atoms with E-state index in [0.717, 1.165) is 16.7 Å². The first-order chi connectivity index (χ1) is 16.7. The molecule has 0 aliphatic heterocycles. The predicted molar refractivity (Wildman–Crippen MR) is 138 cm³/mol. The molecule has 0 bridgehead atoms. The standard InChI is InChI=1S/C28H30N4O3/c1-18-26(30-31-32(18)24-17-23(34-5)12-13-25(24)35-6)27(33)29-22-15-20(19-10-8-7-9-11-19)14-21(16-22)28(2,3)4/h7-17H,1-6H3,(H,29,33).